The molecule has 5 heteroatoms. The summed E-state index contributed by atoms with van der Waals surface area (Å²) in [5.41, 5.74) is 0. The number of rotatable bonds is 8. The number of carbonyl (C=O) groups is 1. The predicted molar refractivity (Wildman–Crippen MR) is 71.6 cm³/mol. The minimum Gasteiger partial charge on any atom is -0.427 e. The van der Waals surface area contributed by atoms with E-state index in [9.17, 15) is 4.79 Å². The molecule has 0 heterocycles. The Morgan fingerprint density at radius 3 is 2.71 bits per heavy atom. The van der Waals surface area contributed by atoms with E-state index in [0.29, 0.717) is 5.92 Å². The number of amides is 1. The van der Waals surface area contributed by atoms with Gasteiger partial charge < -0.3 is 14.8 Å². The maximum atomic E-state index is 11.8. The fourth-order valence-corrected chi connectivity index (χ4v) is 1.71. The summed E-state index contributed by atoms with van der Waals surface area (Å²) in [6.07, 6.45) is 5.97. The molecule has 17 heavy (non-hydrogen) atoms. The van der Waals surface area contributed by atoms with Crippen molar-refractivity contribution in [1.82, 2.24) is 10.1 Å². The lowest BCUT2D eigenvalue weighted by atomic mass is 9.94. The van der Waals surface area contributed by atoms with E-state index < -0.39 is 0 Å². The third-order valence-electron chi connectivity index (χ3n) is 2.71. The van der Waals surface area contributed by atoms with Gasteiger partial charge in [-0.3, -0.25) is 4.79 Å². The summed E-state index contributed by atoms with van der Waals surface area (Å²) in [7, 11) is 6.67. The molecular weight excluding hydrogens is 215 g/mol. The molecule has 0 aliphatic heterocycles. The molecule has 0 saturated heterocycles. The molecule has 0 rings (SSSR count). The average Bonchev–Trinajstić information content (AvgIpc) is 2.32. The molecule has 1 amide bonds. The van der Waals surface area contributed by atoms with E-state index in [-0.39, 0.29) is 11.9 Å². The third-order valence-corrected chi connectivity index (χ3v) is 2.71. The van der Waals surface area contributed by atoms with Crippen molar-refractivity contribution >= 4 is 13.5 Å². The Bertz CT molecular complexity index is 247. The molecule has 0 aliphatic rings. The molecule has 0 bridgehead atoms. The van der Waals surface area contributed by atoms with Gasteiger partial charge in [-0.1, -0.05) is 19.1 Å². The number of nitrogens with one attached hydrogen (secondary N) is 1. The lowest BCUT2D eigenvalue weighted by Crippen LogP contribution is -2.46. The van der Waals surface area contributed by atoms with E-state index in [0.717, 1.165) is 12.8 Å². The second-order valence-corrected chi connectivity index (χ2v) is 4.28. The van der Waals surface area contributed by atoms with Crippen LogP contribution in [0.4, 0.5) is 0 Å². The van der Waals surface area contributed by atoms with Crippen LogP contribution in [0.25, 0.3) is 0 Å². The van der Waals surface area contributed by atoms with Crippen LogP contribution < -0.4 is 5.32 Å². The van der Waals surface area contributed by atoms with Crippen LogP contribution in [0.1, 0.15) is 26.7 Å². The molecule has 1 N–H and O–H groups in total. The largest absolute Gasteiger partial charge is 0.427 e. The molecule has 97 valence electrons. The standard InChI is InChI=1S/C12H24BN2O2/c1-6-7-8-10(2)9-11(12(16)14-3)15(4)13-17-5/h6-7,10-11H,8-9H2,1-5H3,(H,14,16)/b7-6+/t10?,11-/m0/s1. The number of allylic oxidation sites excluding steroid dienone is 2. The van der Waals surface area contributed by atoms with Crippen molar-refractivity contribution in [1.29, 1.82) is 0 Å². The van der Waals surface area contributed by atoms with E-state index >= 15 is 0 Å². The molecule has 0 fully saturated rings. The van der Waals surface area contributed by atoms with Crippen molar-refractivity contribution in [2.24, 2.45) is 5.92 Å². The zero-order valence-electron chi connectivity index (χ0n) is 11.6. The van der Waals surface area contributed by atoms with Gasteiger partial charge in [0.05, 0.1) is 6.04 Å². The second-order valence-electron chi connectivity index (χ2n) is 4.28. The van der Waals surface area contributed by atoms with Crippen LogP contribution in [-0.4, -0.2) is 45.6 Å². The Labute approximate surface area is 106 Å². The number of hydrogen-bond donors (Lipinski definition) is 1. The molecule has 4 nitrogen and oxygen atoms in total. The molecule has 1 unspecified atom stereocenters. The first-order chi connectivity index (χ1) is 8.06. The Hall–Kier alpha value is -0.805. The van der Waals surface area contributed by atoms with Crippen molar-refractivity contribution in [2.45, 2.75) is 32.7 Å². The van der Waals surface area contributed by atoms with Crippen LogP contribution in [0.2, 0.25) is 0 Å². The summed E-state index contributed by atoms with van der Waals surface area (Å²) in [5, 5.41) is 2.69. The second kappa shape index (κ2) is 9.25. The molecule has 0 aliphatic carbocycles. The Morgan fingerprint density at radius 2 is 2.24 bits per heavy atom. The molecule has 1 radical (unpaired) electrons. The Kier molecular flexibility index (Phi) is 8.81. The minimum atomic E-state index is -0.180. The van der Waals surface area contributed by atoms with Crippen molar-refractivity contribution in [3.05, 3.63) is 12.2 Å². The molecule has 2 atom stereocenters. The van der Waals surface area contributed by atoms with Gasteiger partial charge in [0.15, 0.2) is 0 Å². The summed E-state index contributed by atoms with van der Waals surface area (Å²) >= 11 is 0. The Morgan fingerprint density at radius 1 is 1.59 bits per heavy atom. The lowest BCUT2D eigenvalue weighted by Gasteiger charge is -2.27. The average molecular weight is 239 g/mol. The topological polar surface area (TPSA) is 41.6 Å². The van der Waals surface area contributed by atoms with Crippen LogP contribution in [0.3, 0.4) is 0 Å². The van der Waals surface area contributed by atoms with Gasteiger partial charge in [-0.15, -0.1) is 0 Å². The first-order valence-electron chi connectivity index (χ1n) is 5.97. The first kappa shape index (κ1) is 16.2. The van der Waals surface area contributed by atoms with Crippen LogP contribution >= 0.6 is 0 Å². The summed E-state index contributed by atoms with van der Waals surface area (Å²) in [6, 6.07) is -0.180. The number of hydrogen-bond acceptors (Lipinski definition) is 3. The van der Waals surface area contributed by atoms with Gasteiger partial charge in [-0.05, 0) is 32.7 Å². The highest BCUT2D eigenvalue weighted by Gasteiger charge is 2.24. The molecule has 0 aromatic heterocycles. The van der Waals surface area contributed by atoms with Gasteiger partial charge in [0.1, 0.15) is 0 Å². The maximum absolute atomic E-state index is 11.8. The molecular formula is C12H24BN2O2. The van der Waals surface area contributed by atoms with Crippen molar-refractivity contribution in [3.63, 3.8) is 0 Å². The van der Waals surface area contributed by atoms with Crippen molar-refractivity contribution in [2.75, 3.05) is 21.2 Å². The monoisotopic (exact) mass is 239 g/mol. The maximum Gasteiger partial charge on any atom is 0.399 e. The van der Waals surface area contributed by atoms with Crippen LogP contribution in [0.15, 0.2) is 12.2 Å². The van der Waals surface area contributed by atoms with Crippen molar-refractivity contribution in [3.8, 4) is 0 Å². The quantitative estimate of drug-likeness (QED) is 0.511. The smallest absolute Gasteiger partial charge is 0.399 e. The van der Waals surface area contributed by atoms with E-state index in [1.807, 2.05) is 24.9 Å². The molecule has 0 aromatic carbocycles. The normalized spacial score (nSPS) is 14.9. The van der Waals surface area contributed by atoms with Gasteiger partial charge in [-0.2, -0.15) is 0 Å². The van der Waals surface area contributed by atoms with Gasteiger partial charge in [0, 0.05) is 14.2 Å². The van der Waals surface area contributed by atoms with E-state index in [1.165, 1.54) is 0 Å². The van der Waals surface area contributed by atoms with Crippen LogP contribution in [-0.2, 0) is 9.45 Å². The summed E-state index contributed by atoms with van der Waals surface area (Å²) in [4.78, 5) is 13.6. The van der Waals surface area contributed by atoms with Crippen molar-refractivity contribution < 1.29 is 9.45 Å². The predicted octanol–water partition coefficient (Wildman–Crippen LogP) is 1.21. The van der Waals surface area contributed by atoms with Gasteiger partial charge in [-0.25, -0.2) is 0 Å². The summed E-state index contributed by atoms with van der Waals surface area (Å²) in [6.45, 7) is 4.16. The van der Waals surface area contributed by atoms with Gasteiger partial charge in [0.25, 0.3) is 0 Å². The minimum absolute atomic E-state index is 0.0214. The number of nitrogens with zero attached hydrogens (tertiary/aromatic N) is 1. The van der Waals surface area contributed by atoms with Crippen LogP contribution in [0, 0.1) is 5.92 Å². The third kappa shape index (κ3) is 6.49. The molecule has 0 spiro atoms. The van der Waals surface area contributed by atoms with Crippen LogP contribution in [0.5, 0.6) is 0 Å². The van der Waals surface area contributed by atoms with E-state index in [1.54, 1.807) is 21.8 Å². The number of likely N-dealkylation sites (N-methyl/N-ethyl adjacent to an activating group) is 2. The highest BCUT2D eigenvalue weighted by molar-refractivity contribution is 6.24. The lowest BCUT2D eigenvalue weighted by molar-refractivity contribution is -0.124. The molecule has 0 saturated carbocycles. The summed E-state index contributed by atoms with van der Waals surface area (Å²) < 4.78 is 4.95. The number of carbonyl (C=O) groups excluding carboxylic acids is 1. The fraction of sp³-hybridized carbons (Fsp3) is 0.750. The highest BCUT2D eigenvalue weighted by atomic mass is 16.4. The van der Waals surface area contributed by atoms with E-state index in [2.05, 4.69) is 18.3 Å². The zero-order chi connectivity index (χ0) is 13.3. The highest BCUT2D eigenvalue weighted by Crippen LogP contribution is 2.14. The van der Waals surface area contributed by atoms with E-state index in [4.69, 9.17) is 4.65 Å². The van der Waals surface area contributed by atoms with Gasteiger partial charge >= 0.3 is 7.62 Å². The first-order valence-corrected chi connectivity index (χ1v) is 5.97. The van der Waals surface area contributed by atoms with Gasteiger partial charge in [0.2, 0.25) is 5.91 Å². The fourth-order valence-electron chi connectivity index (χ4n) is 1.71. The SMILES string of the molecule is C/C=C/CC(C)C[C@@H](C(=O)NC)N(C)[B]OC. The Balaban J connectivity index is 4.42. The molecule has 0 aromatic rings. The zero-order valence-corrected chi connectivity index (χ0v) is 11.6. The summed E-state index contributed by atoms with van der Waals surface area (Å²) in [5.74, 6) is 0.481.